The number of rotatable bonds is 5. The van der Waals surface area contributed by atoms with E-state index in [0.717, 1.165) is 6.42 Å². The molecule has 1 aromatic rings. The molecule has 2 rings (SSSR count). The maximum atomic E-state index is 11.8. The number of aromatic hydroxyl groups is 2. The fourth-order valence-corrected chi connectivity index (χ4v) is 2.06. The van der Waals surface area contributed by atoms with Gasteiger partial charge in [0.1, 0.15) is 6.04 Å². The maximum Gasteiger partial charge on any atom is 0.323 e. The van der Waals surface area contributed by atoms with Gasteiger partial charge in [-0.05, 0) is 30.5 Å². The van der Waals surface area contributed by atoms with Crippen molar-refractivity contribution in [1.82, 2.24) is 0 Å². The Morgan fingerprint density at radius 3 is 2.90 bits per heavy atom. The van der Waals surface area contributed by atoms with Gasteiger partial charge in [0, 0.05) is 12.5 Å². The number of phenols is 2. The van der Waals surface area contributed by atoms with Crippen molar-refractivity contribution in [2.75, 3.05) is 19.8 Å². The second-order valence-corrected chi connectivity index (χ2v) is 4.99. The molecule has 0 aliphatic carbocycles. The first-order valence-electron chi connectivity index (χ1n) is 6.57. The van der Waals surface area contributed by atoms with E-state index < -0.39 is 12.0 Å². The minimum atomic E-state index is -0.790. The third-order valence-electron chi connectivity index (χ3n) is 3.28. The van der Waals surface area contributed by atoms with Crippen molar-refractivity contribution in [1.29, 1.82) is 0 Å². The SMILES string of the molecule is N[C@@H](Cc1ccc(O)c(O)c1)C(=O)OCC1CCOC1. The van der Waals surface area contributed by atoms with E-state index in [2.05, 4.69) is 0 Å². The van der Waals surface area contributed by atoms with Gasteiger partial charge in [0.2, 0.25) is 0 Å². The molecule has 6 heteroatoms. The van der Waals surface area contributed by atoms with Crippen LogP contribution in [0, 0.1) is 5.92 Å². The van der Waals surface area contributed by atoms with Crippen LogP contribution < -0.4 is 5.73 Å². The number of hydrogen-bond donors (Lipinski definition) is 3. The molecule has 0 spiro atoms. The Hall–Kier alpha value is -1.79. The van der Waals surface area contributed by atoms with Gasteiger partial charge >= 0.3 is 5.97 Å². The Morgan fingerprint density at radius 2 is 2.25 bits per heavy atom. The predicted molar refractivity (Wildman–Crippen MR) is 71.3 cm³/mol. The molecule has 4 N–H and O–H groups in total. The number of carbonyl (C=O) groups excluding carboxylic acids is 1. The fourth-order valence-electron chi connectivity index (χ4n) is 2.06. The molecular weight excluding hydrogens is 262 g/mol. The monoisotopic (exact) mass is 281 g/mol. The van der Waals surface area contributed by atoms with E-state index in [9.17, 15) is 15.0 Å². The number of benzene rings is 1. The smallest absolute Gasteiger partial charge is 0.323 e. The van der Waals surface area contributed by atoms with E-state index in [1.165, 1.54) is 12.1 Å². The van der Waals surface area contributed by atoms with E-state index in [0.29, 0.717) is 25.4 Å². The van der Waals surface area contributed by atoms with E-state index in [1.54, 1.807) is 6.07 Å². The summed E-state index contributed by atoms with van der Waals surface area (Å²) in [5.41, 5.74) is 6.43. The predicted octanol–water partition coefficient (Wildman–Crippen LogP) is 0.547. The van der Waals surface area contributed by atoms with Gasteiger partial charge in [-0.1, -0.05) is 6.07 Å². The molecule has 0 amide bonds. The first-order valence-corrected chi connectivity index (χ1v) is 6.57. The first-order chi connectivity index (χ1) is 9.56. The molecule has 1 saturated heterocycles. The minimum absolute atomic E-state index is 0.203. The molecule has 0 aromatic heterocycles. The normalized spacial score (nSPS) is 19.8. The summed E-state index contributed by atoms with van der Waals surface area (Å²) < 4.78 is 10.4. The van der Waals surface area contributed by atoms with Crippen molar-refractivity contribution in [2.45, 2.75) is 18.9 Å². The highest BCUT2D eigenvalue weighted by atomic mass is 16.5. The number of phenolic OH excluding ortho intramolecular Hbond substituents is 2. The summed E-state index contributed by atoms with van der Waals surface area (Å²) in [6.45, 7) is 1.66. The van der Waals surface area contributed by atoms with Crippen molar-refractivity contribution >= 4 is 5.97 Å². The zero-order valence-electron chi connectivity index (χ0n) is 11.1. The molecule has 0 radical (unpaired) electrons. The van der Waals surface area contributed by atoms with Gasteiger partial charge < -0.3 is 25.4 Å². The molecule has 1 aliphatic heterocycles. The highest BCUT2D eigenvalue weighted by Gasteiger charge is 2.21. The Morgan fingerprint density at radius 1 is 1.45 bits per heavy atom. The van der Waals surface area contributed by atoms with E-state index in [1.807, 2.05) is 0 Å². The summed E-state index contributed by atoms with van der Waals surface area (Å²) in [5.74, 6) is -0.648. The van der Waals surface area contributed by atoms with E-state index >= 15 is 0 Å². The molecule has 6 nitrogen and oxygen atoms in total. The zero-order chi connectivity index (χ0) is 14.5. The zero-order valence-corrected chi connectivity index (χ0v) is 11.1. The lowest BCUT2D eigenvalue weighted by atomic mass is 10.1. The lowest BCUT2D eigenvalue weighted by Gasteiger charge is -2.14. The second-order valence-electron chi connectivity index (χ2n) is 4.99. The Balaban J connectivity index is 1.81. The van der Waals surface area contributed by atoms with Crippen LogP contribution in [0.1, 0.15) is 12.0 Å². The first kappa shape index (κ1) is 14.6. The third-order valence-corrected chi connectivity index (χ3v) is 3.28. The van der Waals surface area contributed by atoms with Gasteiger partial charge in [0.15, 0.2) is 11.5 Å². The number of nitrogens with two attached hydrogens (primary N) is 1. The lowest BCUT2D eigenvalue weighted by molar-refractivity contribution is -0.146. The van der Waals surface area contributed by atoms with Crippen LogP contribution in [0.2, 0.25) is 0 Å². The topological polar surface area (TPSA) is 102 Å². The average molecular weight is 281 g/mol. The van der Waals surface area contributed by atoms with Crippen LogP contribution in [-0.4, -0.2) is 42.0 Å². The molecular formula is C14H19NO5. The Bertz CT molecular complexity index is 471. The number of ether oxygens (including phenoxy) is 2. The van der Waals surface area contributed by atoms with Crippen molar-refractivity contribution in [3.8, 4) is 11.5 Å². The van der Waals surface area contributed by atoms with Crippen molar-refractivity contribution in [2.24, 2.45) is 11.7 Å². The maximum absolute atomic E-state index is 11.8. The second kappa shape index (κ2) is 6.58. The molecule has 2 atom stereocenters. The summed E-state index contributed by atoms with van der Waals surface area (Å²) in [6.07, 6.45) is 1.14. The van der Waals surface area contributed by atoms with Crippen molar-refractivity contribution < 1.29 is 24.5 Å². The quantitative estimate of drug-likeness (QED) is 0.538. The Kier molecular flexibility index (Phi) is 4.81. The van der Waals surface area contributed by atoms with Crippen LogP contribution >= 0.6 is 0 Å². The number of carbonyl (C=O) groups is 1. The minimum Gasteiger partial charge on any atom is -0.504 e. The van der Waals surface area contributed by atoms with E-state index in [-0.39, 0.29) is 23.8 Å². The van der Waals surface area contributed by atoms with Crippen LogP contribution in [0.25, 0.3) is 0 Å². The number of esters is 1. The third kappa shape index (κ3) is 3.85. The van der Waals surface area contributed by atoms with Gasteiger partial charge in [-0.3, -0.25) is 4.79 Å². The summed E-state index contributed by atoms with van der Waals surface area (Å²) >= 11 is 0. The van der Waals surface area contributed by atoms with Crippen molar-refractivity contribution in [3.63, 3.8) is 0 Å². The molecule has 1 aliphatic rings. The lowest BCUT2D eigenvalue weighted by Crippen LogP contribution is -2.35. The highest BCUT2D eigenvalue weighted by molar-refractivity contribution is 5.76. The van der Waals surface area contributed by atoms with Crippen LogP contribution in [-0.2, 0) is 20.7 Å². The molecule has 0 bridgehead atoms. The van der Waals surface area contributed by atoms with Gasteiger partial charge in [-0.25, -0.2) is 0 Å². The molecule has 1 fully saturated rings. The number of hydrogen-bond acceptors (Lipinski definition) is 6. The van der Waals surface area contributed by atoms with Crippen LogP contribution in [0.5, 0.6) is 11.5 Å². The van der Waals surface area contributed by atoms with Crippen LogP contribution in [0.4, 0.5) is 0 Å². The van der Waals surface area contributed by atoms with Gasteiger partial charge in [-0.2, -0.15) is 0 Å². The summed E-state index contributed by atoms with van der Waals surface area (Å²) in [4.78, 5) is 11.8. The van der Waals surface area contributed by atoms with Gasteiger partial charge in [-0.15, -0.1) is 0 Å². The highest BCUT2D eigenvalue weighted by Crippen LogP contribution is 2.25. The summed E-state index contributed by atoms with van der Waals surface area (Å²) in [5, 5.41) is 18.6. The molecule has 1 aromatic carbocycles. The average Bonchev–Trinajstić information content (AvgIpc) is 2.93. The van der Waals surface area contributed by atoms with E-state index in [4.69, 9.17) is 15.2 Å². The molecule has 110 valence electrons. The Labute approximate surface area is 117 Å². The fraction of sp³-hybridized carbons (Fsp3) is 0.500. The molecule has 0 saturated carbocycles. The standard InChI is InChI=1S/C14H19NO5/c15-11(5-9-1-2-12(16)13(17)6-9)14(18)20-8-10-3-4-19-7-10/h1-2,6,10-11,16-17H,3-5,7-8,15H2/t10?,11-/m0/s1. The molecule has 1 heterocycles. The summed E-state index contributed by atoms with van der Waals surface area (Å²) in [7, 11) is 0. The van der Waals surface area contributed by atoms with Crippen LogP contribution in [0.15, 0.2) is 18.2 Å². The van der Waals surface area contributed by atoms with Crippen LogP contribution in [0.3, 0.4) is 0 Å². The van der Waals surface area contributed by atoms with Gasteiger partial charge in [0.25, 0.3) is 0 Å². The largest absolute Gasteiger partial charge is 0.504 e. The van der Waals surface area contributed by atoms with Crippen molar-refractivity contribution in [3.05, 3.63) is 23.8 Å². The van der Waals surface area contributed by atoms with Gasteiger partial charge in [0.05, 0.1) is 13.2 Å². The molecule has 20 heavy (non-hydrogen) atoms. The summed E-state index contributed by atoms with van der Waals surface area (Å²) in [6, 6.07) is 3.56. The molecule has 1 unspecified atom stereocenters.